The Morgan fingerprint density at radius 3 is 2.38 bits per heavy atom. The SMILES string of the molecule is COc1cccc(OC)c1-n1c(CCOCCO)nnc1NSC(C)C(C)c1ncc(F)cn1. The molecule has 2 atom stereocenters. The molecule has 1 aromatic carbocycles. The first-order valence-electron chi connectivity index (χ1n) is 10.7. The summed E-state index contributed by atoms with van der Waals surface area (Å²) in [6.45, 7) is 4.55. The molecule has 0 saturated carbocycles. The summed E-state index contributed by atoms with van der Waals surface area (Å²) in [5.74, 6) is 2.32. The van der Waals surface area contributed by atoms with E-state index in [1.807, 2.05) is 36.6 Å². The Morgan fingerprint density at radius 2 is 1.76 bits per heavy atom. The summed E-state index contributed by atoms with van der Waals surface area (Å²) in [6, 6.07) is 5.50. The molecule has 0 radical (unpaired) electrons. The summed E-state index contributed by atoms with van der Waals surface area (Å²) in [6.07, 6.45) is 2.79. The van der Waals surface area contributed by atoms with E-state index >= 15 is 0 Å². The van der Waals surface area contributed by atoms with Crippen LogP contribution in [-0.4, -0.2) is 69.1 Å². The van der Waals surface area contributed by atoms with Gasteiger partial charge in [0.25, 0.3) is 0 Å². The van der Waals surface area contributed by atoms with Gasteiger partial charge in [-0.15, -0.1) is 10.2 Å². The normalized spacial score (nSPS) is 12.9. The van der Waals surface area contributed by atoms with E-state index in [0.29, 0.717) is 47.8 Å². The van der Waals surface area contributed by atoms with E-state index in [1.165, 1.54) is 24.3 Å². The second-order valence-corrected chi connectivity index (χ2v) is 8.53. The van der Waals surface area contributed by atoms with E-state index < -0.39 is 5.82 Å². The van der Waals surface area contributed by atoms with E-state index in [9.17, 15) is 4.39 Å². The average molecular weight is 493 g/mol. The zero-order valence-electron chi connectivity index (χ0n) is 19.6. The Kier molecular flexibility index (Phi) is 9.42. The van der Waals surface area contributed by atoms with E-state index in [-0.39, 0.29) is 24.4 Å². The van der Waals surface area contributed by atoms with Crippen molar-refractivity contribution in [1.29, 1.82) is 0 Å². The molecule has 0 aliphatic rings. The zero-order chi connectivity index (χ0) is 24.5. The number of methoxy groups -OCH3 is 2. The fourth-order valence-electron chi connectivity index (χ4n) is 3.18. The van der Waals surface area contributed by atoms with Crippen LogP contribution in [0.3, 0.4) is 0 Å². The summed E-state index contributed by atoms with van der Waals surface area (Å²) in [5, 5.41) is 17.7. The molecule has 0 spiro atoms. The molecular weight excluding hydrogens is 463 g/mol. The number of aliphatic hydroxyl groups is 1. The molecule has 2 heterocycles. The number of ether oxygens (including phenoxy) is 3. The average Bonchev–Trinajstić information content (AvgIpc) is 3.26. The third kappa shape index (κ3) is 6.13. The highest BCUT2D eigenvalue weighted by Crippen LogP contribution is 2.36. The largest absolute Gasteiger partial charge is 0.494 e. The van der Waals surface area contributed by atoms with Gasteiger partial charge in [0.2, 0.25) is 5.95 Å². The molecule has 3 rings (SSSR count). The van der Waals surface area contributed by atoms with Gasteiger partial charge in [-0.05, 0) is 24.1 Å². The molecule has 0 fully saturated rings. The van der Waals surface area contributed by atoms with Crippen molar-refractivity contribution in [2.24, 2.45) is 0 Å². The number of aliphatic hydroxyl groups excluding tert-OH is 1. The highest BCUT2D eigenvalue weighted by atomic mass is 32.2. The molecule has 0 aliphatic heterocycles. The highest BCUT2D eigenvalue weighted by molar-refractivity contribution is 8.01. The fraction of sp³-hybridized carbons (Fsp3) is 0.455. The quantitative estimate of drug-likeness (QED) is 0.272. The number of nitrogens with zero attached hydrogens (tertiary/aromatic N) is 5. The molecule has 3 aromatic rings. The molecule has 184 valence electrons. The molecule has 2 unspecified atom stereocenters. The van der Waals surface area contributed by atoms with Gasteiger partial charge < -0.3 is 19.3 Å². The van der Waals surface area contributed by atoms with Crippen LogP contribution in [0.5, 0.6) is 11.5 Å². The van der Waals surface area contributed by atoms with Crippen molar-refractivity contribution in [3.8, 4) is 17.2 Å². The van der Waals surface area contributed by atoms with Gasteiger partial charge in [0, 0.05) is 17.6 Å². The number of benzene rings is 1. The Labute approximate surface area is 202 Å². The minimum atomic E-state index is -0.469. The maximum absolute atomic E-state index is 13.2. The van der Waals surface area contributed by atoms with E-state index in [2.05, 4.69) is 24.9 Å². The van der Waals surface area contributed by atoms with Crippen LogP contribution in [0, 0.1) is 5.82 Å². The second kappa shape index (κ2) is 12.5. The second-order valence-electron chi connectivity index (χ2n) is 7.35. The van der Waals surface area contributed by atoms with Gasteiger partial charge in [-0.1, -0.05) is 19.9 Å². The fourth-order valence-corrected chi connectivity index (χ4v) is 3.93. The minimum Gasteiger partial charge on any atom is -0.494 e. The van der Waals surface area contributed by atoms with Crippen LogP contribution in [0.1, 0.15) is 31.4 Å². The maximum atomic E-state index is 13.2. The van der Waals surface area contributed by atoms with Crippen molar-refractivity contribution < 1.29 is 23.7 Å². The Hall–Kier alpha value is -2.96. The van der Waals surface area contributed by atoms with Gasteiger partial charge >= 0.3 is 0 Å². The Morgan fingerprint density at radius 1 is 1.09 bits per heavy atom. The predicted molar refractivity (Wildman–Crippen MR) is 127 cm³/mol. The van der Waals surface area contributed by atoms with Crippen molar-refractivity contribution in [2.75, 3.05) is 38.8 Å². The Balaban J connectivity index is 1.87. The number of anilines is 1. The minimum absolute atomic E-state index is 0.0199. The van der Waals surface area contributed by atoms with Crippen molar-refractivity contribution in [3.63, 3.8) is 0 Å². The van der Waals surface area contributed by atoms with Gasteiger partial charge in [0.1, 0.15) is 28.8 Å². The van der Waals surface area contributed by atoms with Gasteiger partial charge in [-0.2, -0.15) is 0 Å². The predicted octanol–water partition coefficient (Wildman–Crippen LogP) is 3.02. The first-order valence-corrected chi connectivity index (χ1v) is 11.6. The van der Waals surface area contributed by atoms with Gasteiger partial charge in [-0.25, -0.2) is 14.4 Å². The van der Waals surface area contributed by atoms with E-state index in [0.717, 1.165) is 0 Å². The number of hydrogen-bond acceptors (Lipinski definition) is 10. The smallest absolute Gasteiger partial charge is 0.239 e. The number of halogens is 1. The molecule has 2 aromatic heterocycles. The van der Waals surface area contributed by atoms with E-state index in [1.54, 1.807) is 14.2 Å². The van der Waals surface area contributed by atoms with Crippen LogP contribution in [0.2, 0.25) is 0 Å². The van der Waals surface area contributed by atoms with Crippen molar-refractivity contribution in [2.45, 2.75) is 31.4 Å². The number of aromatic nitrogens is 5. The molecule has 34 heavy (non-hydrogen) atoms. The van der Waals surface area contributed by atoms with Crippen molar-refractivity contribution in [1.82, 2.24) is 24.7 Å². The molecule has 12 heteroatoms. The molecule has 10 nitrogen and oxygen atoms in total. The Bertz CT molecular complexity index is 1030. The first-order chi connectivity index (χ1) is 16.5. The van der Waals surface area contributed by atoms with Crippen LogP contribution in [-0.2, 0) is 11.2 Å². The standard InChI is InChI=1S/C22H29FN6O4S/c1-14(21-24-12-16(23)13-25-21)15(2)34-28-22-27-26-19(8-10-33-11-9-30)29(22)20-17(31-3)6-5-7-18(20)32-4/h5-7,12-15,30H,8-11H2,1-4H3,(H,27,28). The zero-order valence-corrected chi connectivity index (χ0v) is 20.4. The number of rotatable bonds is 13. The lowest BCUT2D eigenvalue weighted by molar-refractivity contribution is 0.0934. The molecule has 0 aliphatic carbocycles. The van der Waals surface area contributed by atoms with Crippen LogP contribution in [0.4, 0.5) is 10.3 Å². The first kappa shape index (κ1) is 25.7. The summed E-state index contributed by atoms with van der Waals surface area (Å²) in [5.41, 5.74) is 0.653. The lowest BCUT2D eigenvalue weighted by Crippen LogP contribution is -2.15. The van der Waals surface area contributed by atoms with Crippen LogP contribution in [0.25, 0.3) is 5.69 Å². The van der Waals surface area contributed by atoms with Crippen LogP contribution >= 0.6 is 11.9 Å². The summed E-state index contributed by atoms with van der Waals surface area (Å²) >= 11 is 1.42. The van der Waals surface area contributed by atoms with Gasteiger partial charge in [-0.3, -0.25) is 9.29 Å². The molecular formula is C22H29FN6O4S. The van der Waals surface area contributed by atoms with Gasteiger partial charge in [0.15, 0.2) is 5.82 Å². The van der Waals surface area contributed by atoms with Crippen molar-refractivity contribution >= 4 is 17.9 Å². The summed E-state index contributed by atoms with van der Waals surface area (Å²) in [7, 11) is 3.17. The third-order valence-electron chi connectivity index (χ3n) is 5.15. The lowest BCUT2D eigenvalue weighted by Gasteiger charge is -2.20. The van der Waals surface area contributed by atoms with E-state index in [4.69, 9.17) is 19.3 Å². The maximum Gasteiger partial charge on any atom is 0.239 e. The highest BCUT2D eigenvalue weighted by Gasteiger charge is 2.23. The molecule has 0 amide bonds. The number of para-hydroxylation sites is 1. The summed E-state index contributed by atoms with van der Waals surface area (Å²) < 4.78 is 34.9. The monoisotopic (exact) mass is 492 g/mol. The topological polar surface area (TPSA) is 116 Å². The molecule has 2 N–H and O–H groups in total. The summed E-state index contributed by atoms with van der Waals surface area (Å²) in [4.78, 5) is 8.19. The number of hydrogen-bond donors (Lipinski definition) is 2. The third-order valence-corrected chi connectivity index (χ3v) is 6.23. The van der Waals surface area contributed by atoms with Crippen LogP contribution in [0.15, 0.2) is 30.6 Å². The van der Waals surface area contributed by atoms with Gasteiger partial charge in [0.05, 0.1) is 46.4 Å². The van der Waals surface area contributed by atoms with Crippen molar-refractivity contribution in [3.05, 3.63) is 48.1 Å². The molecule has 0 bridgehead atoms. The number of nitrogens with one attached hydrogen (secondary N) is 1. The van der Waals surface area contributed by atoms with Crippen LogP contribution < -0.4 is 14.2 Å². The molecule has 0 saturated heterocycles. The lowest BCUT2D eigenvalue weighted by atomic mass is 10.1.